The zero-order valence-corrected chi connectivity index (χ0v) is 10.4. The highest BCUT2D eigenvalue weighted by Crippen LogP contribution is 2.22. The average molecular weight is 251 g/mol. The number of nitrogen functional groups attached to an aromatic ring is 1. The van der Waals surface area contributed by atoms with E-state index in [0.717, 1.165) is 6.42 Å². The summed E-state index contributed by atoms with van der Waals surface area (Å²) in [5, 5.41) is 3.21. The Labute approximate surface area is 106 Å². The summed E-state index contributed by atoms with van der Waals surface area (Å²) in [4.78, 5) is 11.9. The van der Waals surface area contributed by atoms with Crippen LogP contribution in [0.1, 0.15) is 30.1 Å². The van der Waals surface area contributed by atoms with E-state index in [0.29, 0.717) is 22.7 Å². The topological polar surface area (TPSA) is 55.1 Å². The predicted octanol–water partition coefficient (Wildman–Crippen LogP) is 2.45. The molecule has 3 N–H and O–H groups in total. The van der Waals surface area contributed by atoms with Crippen LogP contribution in [0.2, 0.25) is 5.02 Å². The van der Waals surface area contributed by atoms with Gasteiger partial charge in [0.1, 0.15) is 0 Å². The fraction of sp³-hybridized carbons (Fsp3) is 0.308. The molecule has 0 aliphatic heterocycles. The standard InChI is InChI=1S/C13H15ClN2O/c1-3-6-9(4-2)16-13(17)10-7-5-8-11(14)12(10)15/h1,5,7-9H,4,6,15H2,2H3,(H,16,17). The first-order chi connectivity index (χ1) is 8.10. The number of halogens is 1. The quantitative estimate of drug-likeness (QED) is 0.637. The number of rotatable bonds is 4. The van der Waals surface area contributed by atoms with Crippen molar-refractivity contribution >= 4 is 23.2 Å². The number of nitrogens with two attached hydrogens (primary N) is 1. The van der Waals surface area contributed by atoms with Crippen molar-refractivity contribution in [1.82, 2.24) is 5.32 Å². The molecule has 17 heavy (non-hydrogen) atoms. The van der Waals surface area contributed by atoms with E-state index >= 15 is 0 Å². The van der Waals surface area contributed by atoms with E-state index in [1.54, 1.807) is 18.2 Å². The van der Waals surface area contributed by atoms with E-state index < -0.39 is 0 Å². The van der Waals surface area contributed by atoms with Crippen LogP contribution in [0.4, 0.5) is 5.69 Å². The Kier molecular flexibility index (Phi) is 4.86. The van der Waals surface area contributed by atoms with Crippen LogP contribution in [0.15, 0.2) is 18.2 Å². The van der Waals surface area contributed by atoms with Crippen LogP contribution in [-0.2, 0) is 0 Å². The average Bonchev–Trinajstić information content (AvgIpc) is 2.31. The fourth-order valence-electron chi connectivity index (χ4n) is 1.44. The van der Waals surface area contributed by atoms with Gasteiger partial charge in [0.25, 0.3) is 5.91 Å². The first kappa shape index (κ1) is 13.4. The molecule has 0 fully saturated rings. The summed E-state index contributed by atoms with van der Waals surface area (Å²) in [5.74, 6) is 2.29. The molecule has 0 radical (unpaired) electrons. The third-order valence-electron chi connectivity index (χ3n) is 2.49. The van der Waals surface area contributed by atoms with Gasteiger partial charge < -0.3 is 11.1 Å². The SMILES string of the molecule is C#CCC(CC)NC(=O)c1cccc(Cl)c1N. The number of hydrogen-bond donors (Lipinski definition) is 2. The number of benzene rings is 1. The molecule has 1 rings (SSSR count). The number of hydrogen-bond acceptors (Lipinski definition) is 2. The summed E-state index contributed by atoms with van der Waals surface area (Å²) in [6.45, 7) is 1.96. The van der Waals surface area contributed by atoms with Crippen molar-refractivity contribution in [2.75, 3.05) is 5.73 Å². The van der Waals surface area contributed by atoms with Crippen LogP contribution in [-0.4, -0.2) is 11.9 Å². The zero-order valence-electron chi connectivity index (χ0n) is 9.66. The van der Waals surface area contributed by atoms with E-state index in [9.17, 15) is 4.79 Å². The molecule has 0 bridgehead atoms. The lowest BCUT2D eigenvalue weighted by atomic mass is 10.1. The second-order valence-electron chi connectivity index (χ2n) is 3.69. The largest absolute Gasteiger partial charge is 0.397 e. The summed E-state index contributed by atoms with van der Waals surface area (Å²) < 4.78 is 0. The molecule has 1 aromatic rings. The molecular formula is C13H15ClN2O. The lowest BCUT2D eigenvalue weighted by Crippen LogP contribution is -2.34. The molecule has 1 unspecified atom stereocenters. The number of carbonyl (C=O) groups is 1. The molecule has 0 heterocycles. The van der Waals surface area contributed by atoms with Gasteiger partial charge in [-0.25, -0.2) is 0 Å². The number of carbonyl (C=O) groups excluding carboxylic acids is 1. The maximum absolute atomic E-state index is 11.9. The minimum Gasteiger partial charge on any atom is -0.397 e. The van der Waals surface area contributed by atoms with E-state index in [1.807, 2.05) is 6.92 Å². The van der Waals surface area contributed by atoms with Gasteiger partial charge in [0.05, 0.1) is 16.3 Å². The molecule has 0 saturated carbocycles. The summed E-state index contributed by atoms with van der Waals surface area (Å²) in [6.07, 6.45) is 6.50. The number of terminal acetylenes is 1. The van der Waals surface area contributed by atoms with Crippen LogP contribution >= 0.6 is 11.6 Å². The fourth-order valence-corrected chi connectivity index (χ4v) is 1.61. The van der Waals surface area contributed by atoms with Crippen molar-refractivity contribution in [2.45, 2.75) is 25.8 Å². The van der Waals surface area contributed by atoms with Gasteiger partial charge in [0.2, 0.25) is 0 Å². The number of nitrogens with one attached hydrogen (secondary N) is 1. The van der Waals surface area contributed by atoms with Crippen molar-refractivity contribution in [3.05, 3.63) is 28.8 Å². The van der Waals surface area contributed by atoms with Crippen molar-refractivity contribution in [3.8, 4) is 12.3 Å². The van der Waals surface area contributed by atoms with Gasteiger partial charge in [-0.05, 0) is 18.6 Å². The number of para-hydroxylation sites is 1. The van der Waals surface area contributed by atoms with E-state index in [4.69, 9.17) is 23.8 Å². The van der Waals surface area contributed by atoms with Crippen LogP contribution in [0.3, 0.4) is 0 Å². The summed E-state index contributed by atoms with van der Waals surface area (Å²) in [5.41, 5.74) is 6.42. The number of anilines is 1. The van der Waals surface area contributed by atoms with Crippen LogP contribution in [0.5, 0.6) is 0 Å². The lowest BCUT2D eigenvalue weighted by molar-refractivity contribution is 0.0937. The molecular weight excluding hydrogens is 236 g/mol. The number of amides is 1. The Morgan fingerprint density at radius 2 is 2.35 bits per heavy atom. The third kappa shape index (κ3) is 3.40. The highest BCUT2D eigenvalue weighted by atomic mass is 35.5. The molecule has 1 aromatic carbocycles. The van der Waals surface area contributed by atoms with E-state index in [2.05, 4.69) is 11.2 Å². The van der Waals surface area contributed by atoms with Gasteiger partial charge in [-0.3, -0.25) is 4.79 Å². The van der Waals surface area contributed by atoms with E-state index in [1.165, 1.54) is 0 Å². The molecule has 3 nitrogen and oxygen atoms in total. The second kappa shape index (κ2) is 6.17. The molecule has 1 atom stereocenters. The molecule has 1 amide bonds. The lowest BCUT2D eigenvalue weighted by Gasteiger charge is -2.15. The third-order valence-corrected chi connectivity index (χ3v) is 2.82. The molecule has 0 saturated heterocycles. The Hall–Kier alpha value is -1.66. The Morgan fingerprint density at radius 3 is 2.94 bits per heavy atom. The molecule has 0 aliphatic rings. The highest BCUT2D eigenvalue weighted by molar-refractivity contribution is 6.33. The van der Waals surface area contributed by atoms with Gasteiger partial charge >= 0.3 is 0 Å². The molecule has 0 aromatic heterocycles. The van der Waals surface area contributed by atoms with Crippen molar-refractivity contribution in [1.29, 1.82) is 0 Å². The second-order valence-corrected chi connectivity index (χ2v) is 4.10. The van der Waals surface area contributed by atoms with Crippen LogP contribution < -0.4 is 11.1 Å². The highest BCUT2D eigenvalue weighted by Gasteiger charge is 2.14. The minimum absolute atomic E-state index is 0.0362. The Balaban J connectivity index is 2.83. The Morgan fingerprint density at radius 1 is 1.65 bits per heavy atom. The first-order valence-corrected chi connectivity index (χ1v) is 5.76. The van der Waals surface area contributed by atoms with Crippen molar-refractivity contribution in [3.63, 3.8) is 0 Å². The molecule has 0 spiro atoms. The van der Waals surface area contributed by atoms with Crippen molar-refractivity contribution < 1.29 is 4.79 Å². The smallest absolute Gasteiger partial charge is 0.253 e. The van der Waals surface area contributed by atoms with Gasteiger partial charge in [0, 0.05) is 12.5 Å². The zero-order chi connectivity index (χ0) is 12.8. The van der Waals surface area contributed by atoms with Crippen LogP contribution in [0, 0.1) is 12.3 Å². The van der Waals surface area contributed by atoms with Gasteiger partial charge in [-0.15, -0.1) is 12.3 Å². The predicted molar refractivity (Wildman–Crippen MR) is 70.9 cm³/mol. The minimum atomic E-state index is -0.243. The van der Waals surface area contributed by atoms with Crippen molar-refractivity contribution in [2.24, 2.45) is 0 Å². The summed E-state index contributed by atoms with van der Waals surface area (Å²) in [6, 6.07) is 4.94. The first-order valence-electron chi connectivity index (χ1n) is 5.38. The maximum Gasteiger partial charge on any atom is 0.253 e. The van der Waals surface area contributed by atoms with E-state index in [-0.39, 0.29) is 11.9 Å². The summed E-state index contributed by atoms with van der Waals surface area (Å²) >= 11 is 5.85. The molecule has 90 valence electrons. The van der Waals surface area contributed by atoms with Gasteiger partial charge in [-0.2, -0.15) is 0 Å². The molecule has 0 aliphatic carbocycles. The van der Waals surface area contributed by atoms with Gasteiger partial charge in [0.15, 0.2) is 0 Å². The van der Waals surface area contributed by atoms with Gasteiger partial charge in [-0.1, -0.05) is 24.6 Å². The normalized spacial score (nSPS) is 11.6. The Bertz CT molecular complexity index is 451. The monoisotopic (exact) mass is 250 g/mol. The maximum atomic E-state index is 11.9. The molecule has 4 heteroatoms. The summed E-state index contributed by atoms with van der Waals surface area (Å²) in [7, 11) is 0. The van der Waals surface area contributed by atoms with Crippen LogP contribution in [0.25, 0.3) is 0 Å².